The van der Waals surface area contributed by atoms with E-state index < -0.39 is 10.9 Å². The Kier molecular flexibility index (Phi) is 4.50. The summed E-state index contributed by atoms with van der Waals surface area (Å²) in [7, 11) is 0. The van der Waals surface area contributed by atoms with E-state index in [0.29, 0.717) is 29.2 Å². The van der Waals surface area contributed by atoms with Gasteiger partial charge in [-0.2, -0.15) is 0 Å². The highest BCUT2D eigenvalue weighted by atomic mass is 16.6. The average molecular weight is 342 g/mol. The Balaban J connectivity index is 1.73. The molecule has 0 radical (unpaired) electrons. The Morgan fingerprint density at radius 1 is 1.36 bits per heavy atom. The molecular weight excluding hydrogens is 328 g/mol. The molecule has 2 heterocycles. The third-order valence-electron chi connectivity index (χ3n) is 3.28. The standard InChI is InChI=1S/C15H14N6O4/c1-2-25-15(22)14-16-6-5-12(20-14)17-8-13-18-10-4-3-9(21(23)24)7-11(10)19-13/h3-7H,2,8H2,1H3,(H,18,19)(H,16,17,20). The van der Waals surface area contributed by atoms with E-state index in [1.54, 1.807) is 19.1 Å². The van der Waals surface area contributed by atoms with Crippen LogP contribution in [-0.2, 0) is 11.3 Å². The summed E-state index contributed by atoms with van der Waals surface area (Å²) in [6, 6.07) is 6.01. The van der Waals surface area contributed by atoms with E-state index in [1.807, 2.05) is 0 Å². The number of nitrogens with one attached hydrogen (secondary N) is 2. The highest BCUT2D eigenvalue weighted by Crippen LogP contribution is 2.19. The fourth-order valence-electron chi connectivity index (χ4n) is 2.17. The minimum atomic E-state index is -0.595. The highest BCUT2D eigenvalue weighted by molar-refractivity contribution is 5.85. The summed E-state index contributed by atoms with van der Waals surface area (Å²) < 4.78 is 4.85. The summed E-state index contributed by atoms with van der Waals surface area (Å²) in [6.07, 6.45) is 1.45. The lowest BCUT2D eigenvalue weighted by Crippen LogP contribution is -2.11. The number of rotatable bonds is 6. The van der Waals surface area contributed by atoms with Crippen LogP contribution in [0.25, 0.3) is 11.0 Å². The molecule has 3 aromatic rings. The van der Waals surface area contributed by atoms with Gasteiger partial charge in [0.1, 0.15) is 11.6 Å². The molecule has 10 nitrogen and oxygen atoms in total. The van der Waals surface area contributed by atoms with Crippen molar-refractivity contribution >= 4 is 28.5 Å². The first kappa shape index (κ1) is 16.3. The van der Waals surface area contributed by atoms with Gasteiger partial charge >= 0.3 is 5.97 Å². The lowest BCUT2D eigenvalue weighted by molar-refractivity contribution is -0.384. The van der Waals surface area contributed by atoms with Crippen LogP contribution in [0.1, 0.15) is 23.4 Å². The number of hydrogen-bond acceptors (Lipinski definition) is 8. The number of nitro benzene ring substituents is 1. The number of esters is 1. The Hall–Kier alpha value is -3.56. The van der Waals surface area contributed by atoms with E-state index in [0.717, 1.165) is 0 Å². The molecule has 128 valence electrons. The fraction of sp³-hybridized carbons (Fsp3) is 0.200. The number of nitrogens with zero attached hydrogens (tertiary/aromatic N) is 4. The van der Waals surface area contributed by atoms with E-state index in [9.17, 15) is 14.9 Å². The number of fused-ring (bicyclic) bond motifs is 1. The van der Waals surface area contributed by atoms with Crippen molar-refractivity contribution in [2.45, 2.75) is 13.5 Å². The van der Waals surface area contributed by atoms with Crippen molar-refractivity contribution in [1.82, 2.24) is 19.9 Å². The smallest absolute Gasteiger partial charge is 0.376 e. The monoisotopic (exact) mass is 342 g/mol. The van der Waals surface area contributed by atoms with Gasteiger partial charge in [-0.3, -0.25) is 10.1 Å². The number of non-ortho nitro benzene ring substituents is 1. The third kappa shape index (κ3) is 3.68. The van der Waals surface area contributed by atoms with Gasteiger partial charge < -0.3 is 15.0 Å². The Labute approximate surface area is 141 Å². The molecule has 0 fully saturated rings. The molecule has 0 bridgehead atoms. The Morgan fingerprint density at radius 2 is 2.20 bits per heavy atom. The molecule has 0 aliphatic carbocycles. The number of aromatic amines is 1. The first-order chi connectivity index (χ1) is 12.1. The van der Waals surface area contributed by atoms with Crippen LogP contribution in [0.15, 0.2) is 30.5 Å². The summed E-state index contributed by atoms with van der Waals surface area (Å²) in [5.41, 5.74) is 1.18. The maximum Gasteiger partial charge on any atom is 0.376 e. The maximum atomic E-state index is 11.6. The summed E-state index contributed by atoms with van der Waals surface area (Å²) in [5.74, 6) is 0.380. The fourth-order valence-corrected chi connectivity index (χ4v) is 2.17. The highest BCUT2D eigenvalue weighted by Gasteiger charge is 2.12. The molecule has 0 amide bonds. The van der Waals surface area contributed by atoms with Crippen LogP contribution in [0.3, 0.4) is 0 Å². The van der Waals surface area contributed by atoms with Gasteiger partial charge in [0.05, 0.1) is 29.1 Å². The second-order valence-electron chi connectivity index (χ2n) is 4.98. The van der Waals surface area contributed by atoms with Crippen LogP contribution in [0.2, 0.25) is 0 Å². The number of aromatic nitrogens is 4. The van der Waals surface area contributed by atoms with Crippen LogP contribution in [0.5, 0.6) is 0 Å². The number of ether oxygens (including phenoxy) is 1. The maximum absolute atomic E-state index is 11.6. The van der Waals surface area contributed by atoms with Gasteiger partial charge in [-0.05, 0) is 19.1 Å². The number of benzene rings is 1. The summed E-state index contributed by atoms with van der Waals surface area (Å²) in [6.45, 7) is 2.23. The van der Waals surface area contributed by atoms with Gasteiger partial charge in [-0.25, -0.2) is 19.7 Å². The van der Waals surface area contributed by atoms with Crippen molar-refractivity contribution in [1.29, 1.82) is 0 Å². The van der Waals surface area contributed by atoms with Gasteiger partial charge in [0.15, 0.2) is 0 Å². The van der Waals surface area contributed by atoms with E-state index in [1.165, 1.54) is 18.3 Å². The van der Waals surface area contributed by atoms with Gasteiger partial charge in [-0.15, -0.1) is 0 Å². The lowest BCUT2D eigenvalue weighted by atomic mass is 10.3. The SMILES string of the molecule is CCOC(=O)c1nccc(NCc2nc3ccc([N+](=O)[O-])cc3[nH]2)n1. The molecule has 10 heteroatoms. The van der Waals surface area contributed by atoms with Crippen molar-refractivity contribution in [3.63, 3.8) is 0 Å². The summed E-state index contributed by atoms with van der Waals surface area (Å²) in [4.78, 5) is 37.2. The van der Waals surface area contributed by atoms with E-state index >= 15 is 0 Å². The van der Waals surface area contributed by atoms with Crippen LogP contribution in [0, 0.1) is 10.1 Å². The molecule has 0 aliphatic heterocycles. The van der Waals surface area contributed by atoms with Crippen LogP contribution >= 0.6 is 0 Å². The normalized spacial score (nSPS) is 10.6. The number of carbonyl (C=O) groups is 1. The molecule has 0 saturated heterocycles. The molecule has 1 aromatic carbocycles. The zero-order valence-corrected chi connectivity index (χ0v) is 13.2. The van der Waals surface area contributed by atoms with E-state index in [4.69, 9.17) is 4.74 Å². The first-order valence-electron chi connectivity index (χ1n) is 7.44. The van der Waals surface area contributed by atoms with Crippen molar-refractivity contribution in [3.8, 4) is 0 Å². The molecular formula is C15H14N6O4. The van der Waals surface area contributed by atoms with Crippen molar-refractivity contribution in [3.05, 3.63) is 52.2 Å². The second-order valence-corrected chi connectivity index (χ2v) is 4.98. The zero-order chi connectivity index (χ0) is 17.8. The predicted octanol–water partition coefficient (Wildman–Crippen LogP) is 2.05. The number of nitro groups is 1. The number of anilines is 1. The predicted molar refractivity (Wildman–Crippen MR) is 88.1 cm³/mol. The Bertz CT molecular complexity index is 939. The van der Waals surface area contributed by atoms with E-state index in [-0.39, 0.29) is 18.1 Å². The zero-order valence-electron chi connectivity index (χ0n) is 13.2. The Morgan fingerprint density at radius 3 is 2.96 bits per heavy atom. The molecule has 2 aromatic heterocycles. The van der Waals surface area contributed by atoms with Crippen LogP contribution in [0.4, 0.5) is 11.5 Å². The molecule has 0 atom stereocenters. The minimum Gasteiger partial charge on any atom is -0.460 e. The third-order valence-corrected chi connectivity index (χ3v) is 3.28. The van der Waals surface area contributed by atoms with Crippen molar-refractivity contribution < 1.29 is 14.5 Å². The number of carbonyl (C=O) groups excluding carboxylic acids is 1. The van der Waals surface area contributed by atoms with Gasteiger partial charge in [-0.1, -0.05) is 0 Å². The van der Waals surface area contributed by atoms with E-state index in [2.05, 4.69) is 25.3 Å². The lowest BCUT2D eigenvalue weighted by Gasteiger charge is -2.05. The van der Waals surface area contributed by atoms with Crippen molar-refractivity contribution in [2.75, 3.05) is 11.9 Å². The quantitative estimate of drug-likeness (QED) is 0.394. The molecule has 0 aliphatic rings. The molecule has 3 rings (SSSR count). The minimum absolute atomic E-state index is 0.00876. The number of imidazole rings is 1. The molecule has 2 N–H and O–H groups in total. The summed E-state index contributed by atoms with van der Waals surface area (Å²) in [5, 5.41) is 13.8. The van der Waals surface area contributed by atoms with Gasteiger partial charge in [0, 0.05) is 18.3 Å². The number of hydrogen-bond donors (Lipinski definition) is 2. The second kappa shape index (κ2) is 6.91. The molecule has 25 heavy (non-hydrogen) atoms. The molecule has 0 spiro atoms. The topological polar surface area (TPSA) is 136 Å². The largest absolute Gasteiger partial charge is 0.460 e. The van der Waals surface area contributed by atoms with Gasteiger partial charge in [0.25, 0.3) is 5.69 Å². The van der Waals surface area contributed by atoms with Gasteiger partial charge in [0.2, 0.25) is 5.82 Å². The average Bonchev–Trinajstić information content (AvgIpc) is 3.02. The van der Waals surface area contributed by atoms with Crippen LogP contribution < -0.4 is 5.32 Å². The molecule has 0 saturated carbocycles. The van der Waals surface area contributed by atoms with Crippen LogP contribution in [-0.4, -0.2) is 37.4 Å². The van der Waals surface area contributed by atoms with Crippen molar-refractivity contribution in [2.24, 2.45) is 0 Å². The summed E-state index contributed by atoms with van der Waals surface area (Å²) >= 11 is 0. The number of H-pyrrole nitrogens is 1. The molecule has 0 unspecified atom stereocenters. The first-order valence-corrected chi connectivity index (χ1v) is 7.44.